The van der Waals surface area contributed by atoms with Gasteiger partial charge in [-0.1, -0.05) is 19.3 Å². The van der Waals surface area contributed by atoms with Crippen LogP contribution in [-0.4, -0.2) is 36.6 Å². The monoisotopic (exact) mass is 291 g/mol. The molecule has 5 nitrogen and oxygen atoms in total. The minimum Gasteiger partial charge on any atom is -0.508 e. The van der Waals surface area contributed by atoms with E-state index in [1.165, 1.54) is 19.3 Å². The lowest BCUT2D eigenvalue weighted by Gasteiger charge is -2.23. The maximum atomic E-state index is 11.9. The summed E-state index contributed by atoms with van der Waals surface area (Å²) in [6, 6.07) is 6.55. The van der Waals surface area contributed by atoms with Gasteiger partial charge in [0.1, 0.15) is 11.9 Å². The molecule has 1 unspecified atom stereocenters. The van der Waals surface area contributed by atoms with E-state index in [0.29, 0.717) is 19.3 Å². The number of anilines is 1. The number of benzene rings is 1. The molecule has 0 radical (unpaired) electrons. The largest absolute Gasteiger partial charge is 0.508 e. The zero-order valence-electron chi connectivity index (χ0n) is 12.0. The van der Waals surface area contributed by atoms with Crippen molar-refractivity contribution in [3.63, 3.8) is 0 Å². The summed E-state index contributed by atoms with van der Waals surface area (Å²) in [6.45, 7) is 0.960. The van der Waals surface area contributed by atoms with E-state index in [-0.39, 0.29) is 17.9 Å². The number of carbonyl (C=O) groups is 1. The number of nitrogens with zero attached hydrogens (tertiary/aromatic N) is 1. The van der Waals surface area contributed by atoms with Gasteiger partial charge in [-0.2, -0.15) is 0 Å². The average Bonchev–Trinajstić information content (AvgIpc) is 2.88. The summed E-state index contributed by atoms with van der Waals surface area (Å²) in [6.07, 6.45) is 5.74. The molecule has 1 aliphatic carbocycles. The van der Waals surface area contributed by atoms with Crippen LogP contribution in [0, 0.1) is 0 Å². The Labute approximate surface area is 124 Å². The van der Waals surface area contributed by atoms with Gasteiger partial charge >= 0.3 is 6.09 Å². The van der Waals surface area contributed by atoms with Crippen LogP contribution < -0.4 is 4.90 Å². The van der Waals surface area contributed by atoms with Gasteiger partial charge in [-0.25, -0.2) is 4.79 Å². The first-order chi connectivity index (χ1) is 10.2. The van der Waals surface area contributed by atoms with E-state index in [0.717, 1.165) is 18.5 Å². The van der Waals surface area contributed by atoms with Gasteiger partial charge < -0.3 is 14.6 Å². The number of carbonyl (C=O) groups excluding carboxylic acids is 1. The molecular formula is C16H21NO4. The summed E-state index contributed by atoms with van der Waals surface area (Å²) in [4.78, 5) is 13.5. The molecule has 1 N–H and O–H groups in total. The lowest BCUT2D eigenvalue weighted by atomic mass is 9.98. The first-order valence-electron chi connectivity index (χ1n) is 7.61. The number of phenols is 1. The van der Waals surface area contributed by atoms with Crippen molar-refractivity contribution in [1.82, 2.24) is 0 Å². The Morgan fingerprint density at radius 3 is 2.62 bits per heavy atom. The fourth-order valence-corrected chi connectivity index (χ4v) is 2.93. The van der Waals surface area contributed by atoms with Crippen LogP contribution in [0.15, 0.2) is 24.3 Å². The predicted octanol–water partition coefficient (Wildman–Crippen LogP) is 3.07. The van der Waals surface area contributed by atoms with Gasteiger partial charge in [-0.05, 0) is 37.1 Å². The summed E-state index contributed by atoms with van der Waals surface area (Å²) >= 11 is 0. The number of amides is 1. The third-order valence-electron chi connectivity index (χ3n) is 4.11. The van der Waals surface area contributed by atoms with Gasteiger partial charge in [0.05, 0.1) is 19.3 Å². The van der Waals surface area contributed by atoms with Crippen molar-refractivity contribution in [1.29, 1.82) is 0 Å². The van der Waals surface area contributed by atoms with Crippen molar-refractivity contribution in [3.8, 4) is 5.75 Å². The molecule has 0 spiro atoms. The number of hydrogen-bond acceptors (Lipinski definition) is 4. The Balaban J connectivity index is 1.53. The van der Waals surface area contributed by atoms with Gasteiger partial charge in [0, 0.05) is 5.69 Å². The molecule has 1 saturated heterocycles. The van der Waals surface area contributed by atoms with Gasteiger partial charge in [0.2, 0.25) is 0 Å². The smallest absolute Gasteiger partial charge is 0.414 e. The Hall–Kier alpha value is -1.75. The molecular weight excluding hydrogens is 270 g/mol. The highest BCUT2D eigenvalue weighted by molar-refractivity contribution is 5.89. The second-order valence-electron chi connectivity index (χ2n) is 5.73. The molecule has 3 rings (SSSR count). The molecule has 2 aliphatic rings. The van der Waals surface area contributed by atoms with Crippen molar-refractivity contribution < 1.29 is 19.4 Å². The third-order valence-corrected chi connectivity index (χ3v) is 4.11. The average molecular weight is 291 g/mol. The molecule has 1 heterocycles. The zero-order chi connectivity index (χ0) is 14.7. The molecule has 2 fully saturated rings. The van der Waals surface area contributed by atoms with Crippen LogP contribution in [0.4, 0.5) is 10.5 Å². The van der Waals surface area contributed by atoms with Gasteiger partial charge in [-0.3, -0.25) is 4.90 Å². The topological polar surface area (TPSA) is 59.0 Å². The Bertz CT molecular complexity index is 482. The second kappa shape index (κ2) is 6.35. The number of ether oxygens (including phenoxy) is 2. The van der Waals surface area contributed by atoms with Crippen LogP contribution in [0.25, 0.3) is 0 Å². The van der Waals surface area contributed by atoms with Crippen LogP contribution in [0.3, 0.4) is 0 Å². The Morgan fingerprint density at radius 2 is 1.90 bits per heavy atom. The van der Waals surface area contributed by atoms with E-state index in [1.54, 1.807) is 29.2 Å². The van der Waals surface area contributed by atoms with E-state index in [4.69, 9.17) is 9.47 Å². The minimum absolute atomic E-state index is 0.184. The molecule has 1 saturated carbocycles. The van der Waals surface area contributed by atoms with E-state index in [2.05, 4.69) is 0 Å². The van der Waals surface area contributed by atoms with E-state index >= 15 is 0 Å². The quantitative estimate of drug-likeness (QED) is 0.926. The van der Waals surface area contributed by atoms with Gasteiger partial charge in [0.15, 0.2) is 0 Å². The molecule has 1 aromatic carbocycles. The van der Waals surface area contributed by atoms with Crippen LogP contribution in [0.2, 0.25) is 0 Å². The Kier molecular flexibility index (Phi) is 4.29. The number of hydrogen-bond donors (Lipinski definition) is 1. The summed E-state index contributed by atoms with van der Waals surface area (Å²) in [5.74, 6) is 0.184. The number of rotatable bonds is 4. The Morgan fingerprint density at radius 1 is 1.19 bits per heavy atom. The van der Waals surface area contributed by atoms with Crippen LogP contribution in [0.5, 0.6) is 5.75 Å². The van der Waals surface area contributed by atoms with Crippen molar-refractivity contribution >= 4 is 11.8 Å². The lowest BCUT2D eigenvalue weighted by Crippen LogP contribution is -2.28. The molecule has 1 amide bonds. The maximum absolute atomic E-state index is 11.9. The highest BCUT2D eigenvalue weighted by Gasteiger charge is 2.33. The standard InChI is InChI=1S/C16H21NO4/c18-13-8-6-12(7-9-13)17-10-15(21-16(17)19)11-20-14-4-2-1-3-5-14/h6-9,14-15,18H,1-5,10-11H2. The first kappa shape index (κ1) is 14.2. The van der Waals surface area contributed by atoms with Crippen molar-refractivity contribution in [2.24, 2.45) is 0 Å². The van der Waals surface area contributed by atoms with Crippen molar-refractivity contribution in [3.05, 3.63) is 24.3 Å². The molecule has 5 heteroatoms. The minimum atomic E-state index is -0.349. The van der Waals surface area contributed by atoms with Crippen LogP contribution >= 0.6 is 0 Å². The molecule has 21 heavy (non-hydrogen) atoms. The van der Waals surface area contributed by atoms with Gasteiger partial charge in [0.25, 0.3) is 0 Å². The highest BCUT2D eigenvalue weighted by atomic mass is 16.6. The normalized spacial score (nSPS) is 23.3. The molecule has 114 valence electrons. The maximum Gasteiger partial charge on any atom is 0.414 e. The van der Waals surface area contributed by atoms with E-state index in [9.17, 15) is 9.90 Å². The highest BCUT2D eigenvalue weighted by Crippen LogP contribution is 2.25. The molecule has 1 aromatic rings. The lowest BCUT2D eigenvalue weighted by molar-refractivity contribution is -0.0153. The third kappa shape index (κ3) is 3.47. The molecule has 1 atom stereocenters. The summed E-state index contributed by atoms with van der Waals surface area (Å²) in [7, 11) is 0. The molecule has 0 aromatic heterocycles. The van der Waals surface area contributed by atoms with Crippen molar-refractivity contribution in [2.45, 2.75) is 44.3 Å². The van der Waals surface area contributed by atoms with Gasteiger partial charge in [-0.15, -0.1) is 0 Å². The number of aromatic hydroxyl groups is 1. The van der Waals surface area contributed by atoms with E-state index in [1.807, 2.05) is 0 Å². The second-order valence-corrected chi connectivity index (χ2v) is 5.73. The van der Waals surface area contributed by atoms with E-state index < -0.39 is 0 Å². The summed E-state index contributed by atoms with van der Waals surface area (Å²) < 4.78 is 11.2. The predicted molar refractivity (Wildman–Crippen MR) is 78.5 cm³/mol. The number of cyclic esters (lactones) is 1. The van der Waals surface area contributed by atoms with Crippen molar-refractivity contribution in [2.75, 3.05) is 18.1 Å². The van der Waals surface area contributed by atoms with Crippen LogP contribution in [0.1, 0.15) is 32.1 Å². The SMILES string of the molecule is O=C1OC(COC2CCCCC2)CN1c1ccc(O)cc1. The summed E-state index contributed by atoms with van der Waals surface area (Å²) in [5.41, 5.74) is 0.734. The molecule has 1 aliphatic heterocycles. The summed E-state index contributed by atoms with van der Waals surface area (Å²) in [5, 5.41) is 9.29. The molecule has 0 bridgehead atoms. The fourth-order valence-electron chi connectivity index (χ4n) is 2.93. The zero-order valence-corrected chi connectivity index (χ0v) is 12.0. The first-order valence-corrected chi connectivity index (χ1v) is 7.61. The number of phenolic OH excluding ortho intramolecular Hbond substituents is 1. The fraction of sp³-hybridized carbons (Fsp3) is 0.562. The van der Waals surface area contributed by atoms with Crippen LogP contribution in [-0.2, 0) is 9.47 Å².